The van der Waals surface area contributed by atoms with Crippen molar-refractivity contribution in [3.63, 3.8) is 0 Å². The second-order valence-corrected chi connectivity index (χ2v) is 6.20. The van der Waals surface area contributed by atoms with Crippen LogP contribution in [0.4, 0.5) is 4.79 Å². The van der Waals surface area contributed by atoms with E-state index in [1.165, 1.54) is 12.8 Å². The zero-order valence-electron chi connectivity index (χ0n) is 12.2. The molecule has 2 N–H and O–H groups in total. The van der Waals surface area contributed by atoms with Crippen LogP contribution in [0.15, 0.2) is 0 Å². The lowest BCUT2D eigenvalue weighted by molar-refractivity contribution is 0.0514. The van der Waals surface area contributed by atoms with Crippen molar-refractivity contribution >= 4 is 6.09 Å². The van der Waals surface area contributed by atoms with Crippen molar-refractivity contribution in [2.45, 2.75) is 51.7 Å². The van der Waals surface area contributed by atoms with Gasteiger partial charge in [-0.15, -0.1) is 0 Å². The second kappa shape index (κ2) is 6.38. The van der Waals surface area contributed by atoms with Crippen molar-refractivity contribution in [1.29, 1.82) is 0 Å². The Balaban J connectivity index is 2.31. The minimum absolute atomic E-state index is 0.321. The van der Waals surface area contributed by atoms with Gasteiger partial charge in [-0.1, -0.05) is 6.42 Å². The number of alkyl carbamates (subject to hydrolysis) is 1. The lowest BCUT2D eigenvalue weighted by atomic mass is 10.0. The molecule has 0 aromatic carbocycles. The van der Waals surface area contributed by atoms with Crippen molar-refractivity contribution < 1.29 is 9.53 Å². The quantitative estimate of drug-likeness (QED) is 0.753. The monoisotopic (exact) mass is 257 g/mol. The average molecular weight is 257 g/mol. The Morgan fingerprint density at radius 1 is 1.33 bits per heavy atom. The topological polar surface area (TPSA) is 53.6 Å². The standard InChI is InChI=1S/C13H27N3O2/c1-13(2,3)18-12(17)14-9-10-7-6-8-11(10)15-16(4)5/h10-11,15H,6-9H2,1-5H3,(H,14,17). The van der Waals surface area contributed by atoms with E-state index in [9.17, 15) is 4.79 Å². The molecule has 0 aromatic heterocycles. The molecule has 2 unspecified atom stereocenters. The van der Waals surface area contributed by atoms with Gasteiger partial charge in [0.05, 0.1) is 0 Å². The molecule has 0 radical (unpaired) electrons. The third kappa shape index (κ3) is 5.69. The Labute approximate surface area is 110 Å². The van der Waals surface area contributed by atoms with Crippen LogP contribution in [0.25, 0.3) is 0 Å². The molecule has 0 saturated heterocycles. The number of hydrogen-bond acceptors (Lipinski definition) is 4. The Bertz CT molecular complexity index is 274. The van der Waals surface area contributed by atoms with Gasteiger partial charge >= 0.3 is 6.09 Å². The van der Waals surface area contributed by atoms with Crippen molar-refractivity contribution in [2.24, 2.45) is 5.92 Å². The summed E-state index contributed by atoms with van der Waals surface area (Å²) in [6, 6.07) is 0.454. The van der Waals surface area contributed by atoms with Crippen molar-refractivity contribution in [2.75, 3.05) is 20.6 Å². The Morgan fingerprint density at radius 3 is 2.56 bits per heavy atom. The molecule has 1 aliphatic carbocycles. The summed E-state index contributed by atoms with van der Waals surface area (Å²) < 4.78 is 5.23. The zero-order valence-corrected chi connectivity index (χ0v) is 12.2. The number of nitrogens with zero attached hydrogens (tertiary/aromatic N) is 1. The first-order valence-corrected chi connectivity index (χ1v) is 6.68. The highest BCUT2D eigenvalue weighted by atomic mass is 16.6. The predicted octanol–water partition coefficient (Wildman–Crippen LogP) is 1.75. The fraction of sp³-hybridized carbons (Fsp3) is 0.923. The first-order chi connectivity index (χ1) is 8.28. The van der Waals surface area contributed by atoms with Crippen molar-refractivity contribution in [3.05, 3.63) is 0 Å². The van der Waals surface area contributed by atoms with E-state index < -0.39 is 5.60 Å². The number of ether oxygens (including phenoxy) is 1. The molecule has 18 heavy (non-hydrogen) atoms. The fourth-order valence-corrected chi connectivity index (χ4v) is 2.31. The average Bonchev–Trinajstić information content (AvgIpc) is 2.58. The van der Waals surface area contributed by atoms with Crippen LogP contribution in [0.1, 0.15) is 40.0 Å². The van der Waals surface area contributed by atoms with Crippen LogP contribution in [0.2, 0.25) is 0 Å². The van der Waals surface area contributed by atoms with E-state index in [1.54, 1.807) is 0 Å². The number of nitrogens with one attached hydrogen (secondary N) is 2. The van der Waals surface area contributed by atoms with Gasteiger partial charge in [0.2, 0.25) is 0 Å². The highest BCUT2D eigenvalue weighted by Crippen LogP contribution is 2.25. The Morgan fingerprint density at radius 2 is 2.00 bits per heavy atom. The van der Waals surface area contributed by atoms with Crippen LogP contribution in [0, 0.1) is 5.92 Å². The molecule has 1 rings (SSSR count). The summed E-state index contributed by atoms with van der Waals surface area (Å²) in [7, 11) is 3.99. The number of amides is 1. The molecule has 5 nitrogen and oxygen atoms in total. The summed E-state index contributed by atoms with van der Waals surface area (Å²) in [4.78, 5) is 11.6. The highest BCUT2D eigenvalue weighted by molar-refractivity contribution is 5.67. The predicted molar refractivity (Wildman–Crippen MR) is 72.2 cm³/mol. The molecular formula is C13H27N3O2. The third-order valence-corrected chi connectivity index (χ3v) is 2.99. The largest absolute Gasteiger partial charge is 0.444 e. The molecule has 0 heterocycles. The lowest BCUT2D eigenvalue weighted by Gasteiger charge is -2.26. The normalized spacial score (nSPS) is 24.3. The van der Waals surface area contributed by atoms with Crippen LogP contribution < -0.4 is 10.7 Å². The number of carbonyl (C=O) groups excluding carboxylic acids is 1. The smallest absolute Gasteiger partial charge is 0.407 e. The summed E-state index contributed by atoms with van der Waals surface area (Å²) in [5.41, 5.74) is 2.98. The molecule has 106 valence electrons. The molecular weight excluding hydrogens is 230 g/mol. The van der Waals surface area contributed by atoms with Crippen LogP contribution in [0.3, 0.4) is 0 Å². The third-order valence-electron chi connectivity index (χ3n) is 2.99. The summed E-state index contributed by atoms with van der Waals surface area (Å²) >= 11 is 0. The van der Waals surface area contributed by atoms with Gasteiger partial charge in [0, 0.05) is 26.7 Å². The van der Waals surface area contributed by atoms with E-state index in [0.717, 1.165) is 6.42 Å². The van der Waals surface area contributed by atoms with E-state index in [0.29, 0.717) is 18.5 Å². The molecule has 5 heteroatoms. The highest BCUT2D eigenvalue weighted by Gasteiger charge is 2.28. The van der Waals surface area contributed by atoms with Crippen molar-refractivity contribution in [3.8, 4) is 0 Å². The van der Waals surface area contributed by atoms with E-state index in [-0.39, 0.29) is 6.09 Å². The van der Waals surface area contributed by atoms with Crippen molar-refractivity contribution in [1.82, 2.24) is 15.8 Å². The fourth-order valence-electron chi connectivity index (χ4n) is 2.31. The first kappa shape index (κ1) is 15.2. The molecule has 2 atom stereocenters. The molecule has 0 bridgehead atoms. The second-order valence-electron chi connectivity index (χ2n) is 6.20. The maximum Gasteiger partial charge on any atom is 0.407 e. The Kier molecular flexibility index (Phi) is 5.41. The van der Waals surface area contributed by atoms with Gasteiger partial charge in [0.1, 0.15) is 5.60 Å². The number of carbonyl (C=O) groups is 1. The molecule has 0 spiro atoms. The van der Waals surface area contributed by atoms with Gasteiger partial charge < -0.3 is 10.1 Å². The maximum atomic E-state index is 11.6. The van der Waals surface area contributed by atoms with Gasteiger partial charge in [-0.2, -0.15) is 0 Å². The number of rotatable bonds is 4. The van der Waals surface area contributed by atoms with E-state index >= 15 is 0 Å². The first-order valence-electron chi connectivity index (χ1n) is 6.68. The maximum absolute atomic E-state index is 11.6. The molecule has 0 aliphatic heterocycles. The minimum atomic E-state index is -0.430. The van der Waals surface area contributed by atoms with Gasteiger partial charge in [-0.25, -0.2) is 4.79 Å². The molecule has 1 fully saturated rings. The van der Waals surface area contributed by atoms with Gasteiger partial charge in [0.25, 0.3) is 0 Å². The van der Waals surface area contributed by atoms with Gasteiger partial charge in [-0.05, 0) is 39.5 Å². The van der Waals surface area contributed by atoms with Gasteiger partial charge in [-0.3, -0.25) is 10.4 Å². The zero-order chi connectivity index (χ0) is 13.8. The summed E-state index contributed by atoms with van der Waals surface area (Å²) in [5, 5.41) is 4.85. The molecule has 1 aliphatic rings. The van der Waals surface area contributed by atoms with Crippen LogP contribution in [-0.4, -0.2) is 43.4 Å². The van der Waals surface area contributed by atoms with Crippen LogP contribution in [0.5, 0.6) is 0 Å². The Hall–Kier alpha value is -0.810. The van der Waals surface area contributed by atoms with Gasteiger partial charge in [0.15, 0.2) is 0 Å². The molecule has 0 aromatic rings. The SMILES string of the molecule is CN(C)NC1CCCC1CNC(=O)OC(C)(C)C. The number of hydrogen-bond donors (Lipinski definition) is 2. The molecule has 1 saturated carbocycles. The lowest BCUT2D eigenvalue weighted by Crippen LogP contribution is -2.45. The van der Waals surface area contributed by atoms with E-state index in [2.05, 4.69) is 10.7 Å². The summed E-state index contributed by atoms with van der Waals surface area (Å²) in [6.07, 6.45) is 3.21. The minimum Gasteiger partial charge on any atom is -0.444 e. The van der Waals surface area contributed by atoms with Crippen LogP contribution >= 0.6 is 0 Å². The number of hydrazine groups is 1. The summed E-state index contributed by atoms with van der Waals surface area (Å²) in [5.74, 6) is 0.486. The van der Waals surface area contributed by atoms with Crippen LogP contribution in [-0.2, 0) is 4.74 Å². The molecule has 1 amide bonds. The van der Waals surface area contributed by atoms with E-state index in [4.69, 9.17) is 4.74 Å². The van der Waals surface area contributed by atoms with E-state index in [1.807, 2.05) is 39.9 Å². The summed E-state index contributed by atoms with van der Waals surface area (Å²) in [6.45, 7) is 6.30.